The Morgan fingerprint density at radius 2 is 0.615 bits per heavy atom. The summed E-state index contributed by atoms with van der Waals surface area (Å²) >= 11 is 0. The van der Waals surface area contributed by atoms with E-state index in [9.17, 15) is 0 Å². The van der Waals surface area contributed by atoms with Gasteiger partial charge in [-0.25, -0.2) is 0 Å². The van der Waals surface area contributed by atoms with Gasteiger partial charge >= 0.3 is 0 Å². The van der Waals surface area contributed by atoms with E-state index in [-0.39, 0.29) is 22.3 Å². The maximum atomic E-state index is 2.21. The van der Waals surface area contributed by atoms with E-state index in [0.29, 0.717) is 0 Å². The monoisotopic (exact) mass is 192 g/mol. The maximum absolute atomic E-state index is 2.21. The number of hydrogen-bond acceptors (Lipinski definition) is 0. The van der Waals surface area contributed by atoms with Crippen molar-refractivity contribution < 1.29 is 0 Å². The Kier molecular flexibility index (Phi) is 90.8. The van der Waals surface area contributed by atoms with Gasteiger partial charge in [0.15, 0.2) is 0 Å². The van der Waals surface area contributed by atoms with Crippen molar-refractivity contribution in [1.82, 2.24) is 0 Å². The molecular weight excluding hydrogens is 156 g/mol. The van der Waals surface area contributed by atoms with Gasteiger partial charge in [0.1, 0.15) is 0 Å². The Labute approximate surface area is 89.1 Å². The molecule has 0 N–H and O–H groups in total. The van der Waals surface area contributed by atoms with Gasteiger partial charge in [0.05, 0.1) is 0 Å². The van der Waals surface area contributed by atoms with Crippen LogP contribution in [0.4, 0.5) is 0 Å². The van der Waals surface area contributed by atoms with Crippen LogP contribution in [0.15, 0.2) is 0 Å². The third-order valence-corrected chi connectivity index (χ3v) is 1.41. The van der Waals surface area contributed by atoms with E-state index >= 15 is 0 Å². The average molecular weight is 192 g/mol. The molecule has 0 aromatic carbocycles. The molecule has 0 fully saturated rings. The predicted octanol–water partition coefficient (Wildman–Crippen LogP) is 6.30. The van der Waals surface area contributed by atoms with Crippen molar-refractivity contribution in [3.05, 3.63) is 0 Å². The van der Waals surface area contributed by atoms with Gasteiger partial charge in [-0.15, -0.1) is 0 Å². The molecule has 0 aliphatic rings. The maximum Gasteiger partial charge on any atom is -0.0538 e. The van der Waals surface area contributed by atoms with Crippen LogP contribution in [-0.2, 0) is 0 Å². The number of unbranched alkanes of at least 4 members (excludes halogenated alkanes) is 4. The van der Waals surface area contributed by atoms with Gasteiger partial charge < -0.3 is 0 Å². The topological polar surface area (TPSA) is 0 Å². The highest BCUT2D eigenvalue weighted by atomic mass is 13.7. The lowest BCUT2D eigenvalue weighted by Gasteiger charge is -1.79. The van der Waals surface area contributed by atoms with Crippen molar-refractivity contribution in [1.29, 1.82) is 0 Å². The minimum Gasteiger partial charge on any atom is -0.0776 e. The molecule has 0 aromatic heterocycles. The summed E-state index contributed by atoms with van der Waals surface area (Å²) in [5.41, 5.74) is 0. The molecule has 0 radical (unpaired) electrons. The number of rotatable bonds is 4. The highest BCUT2D eigenvalue weighted by molar-refractivity contribution is 4.24. The zero-order valence-corrected chi connectivity index (χ0v) is 8.24. The molecule has 0 unspecified atom stereocenters. The minimum absolute atomic E-state index is 0. The summed E-state index contributed by atoms with van der Waals surface area (Å²) in [6.07, 6.45) is 8.15. The van der Waals surface area contributed by atoms with Crippen LogP contribution in [0, 0.1) is 0 Å². The second kappa shape index (κ2) is 40.3. The standard InChI is InChI=1S/2C5H12.3CH4/c2*1-3-5-4-2;;;/h2*3-5H2,1-2H3;3*1H4. The van der Waals surface area contributed by atoms with Crippen molar-refractivity contribution in [2.45, 2.75) is 88.5 Å². The molecular formula is C13H36. The van der Waals surface area contributed by atoms with E-state index in [1.54, 1.807) is 0 Å². The molecule has 0 bridgehead atoms. The fourth-order valence-corrected chi connectivity index (χ4v) is 0.707. The average Bonchev–Trinajstić information content (AvgIpc) is 1.93. The van der Waals surface area contributed by atoms with Gasteiger partial charge in [0.2, 0.25) is 0 Å². The second-order valence-electron chi connectivity index (χ2n) is 2.71. The third kappa shape index (κ3) is 75.0. The Balaban J connectivity index is -0.0000000267. The van der Waals surface area contributed by atoms with Crippen LogP contribution in [0.1, 0.15) is 88.5 Å². The van der Waals surface area contributed by atoms with Gasteiger partial charge in [-0.2, -0.15) is 0 Å². The number of hydrogen-bond donors (Lipinski definition) is 0. The van der Waals surface area contributed by atoms with Gasteiger partial charge in [0.25, 0.3) is 0 Å². The van der Waals surface area contributed by atoms with Crippen molar-refractivity contribution in [2.75, 3.05) is 0 Å². The van der Waals surface area contributed by atoms with Crippen LogP contribution in [-0.4, -0.2) is 0 Å². The lowest BCUT2D eigenvalue weighted by atomic mass is 10.3. The Bertz CT molecular complexity index is 21.0. The third-order valence-electron chi connectivity index (χ3n) is 1.41. The molecule has 0 heteroatoms. The lowest BCUT2D eigenvalue weighted by Crippen LogP contribution is -1.59. The van der Waals surface area contributed by atoms with Gasteiger partial charge in [-0.1, -0.05) is 88.5 Å². The quantitative estimate of drug-likeness (QED) is 0.490. The molecule has 0 atom stereocenters. The van der Waals surface area contributed by atoms with Gasteiger partial charge in [0, 0.05) is 0 Å². The first kappa shape index (κ1) is 29.2. The van der Waals surface area contributed by atoms with Crippen LogP contribution >= 0.6 is 0 Å². The van der Waals surface area contributed by atoms with Crippen molar-refractivity contribution >= 4 is 0 Å². The molecule has 0 aromatic rings. The van der Waals surface area contributed by atoms with Crippen molar-refractivity contribution in [3.8, 4) is 0 Å². The molecule has 0 spiro atoms. The van der Waals surface area contributed by atoms with E-state index in [1.807, 2.05) is 0 Å². The van der Waals surface area contributed by atoms with Crippen LogP contribution in [0.5, 0.6) is 0 Å². The first-order valence-corrected chi connectivity index (χ1v) is 4.83. The summed E-state index contributed by atoms with van der Waals surface area (Å²) in [7, 11) is 0. The lowest BCUT2D eigenvalue weighted by molar-refractivity contribution is 0.772. The van der Waals surface area contributed by atoms with Crippen molar-refractivity contribution in [3.63, 3.8) is 0 Å². The Morgan fingerprint density at radius 3 is 0.615 bits per heavy atom. The summed E-state index contributed by atoms with van der Waals surface area (Å²) in [4.78, 5) is 0. The highest BCUT2D eigenvalue weighted by Gasteiger charge is 1.68. The molecule has 0 aliphatic heterocycles. The predicted molar refractivity (Wildman–Crippen MR) is 70.6 cm³/mol. The summed E-state index contributed by atoms with van der Waals surface area (Å²) in [5.74, 6) is 0. The normalized spacial score (nSPS) is 6.46. The fourth-order valence-electron chi connectivity index (χ4n) is 0.707. The summed E-state index contributed by atoms with van der Waals surface area (Å²) in [6, 6.07) is 0. The van der Waals surface area contributed by atoms with Crippen LogP contribution < -0.4 is 0 Å². The summed E-state index contributed by atoms with van der Waals surface area (Å²) in [6.45, 7) is 8.85. The fraction of sp³-hybridized carbons (Fsp3) is 1.00. The molecule has 0 heterocycles. The molecule has 0 aliphatic carbocycles. The first-order valence-electron chi connectivity index (χ1n) is 4.83. The van der Waals surface area contributed by atoms with Gasteiger partial charge in [-0.05, 0) is 0 Å². The van der Waals surface area contributed by atoms with Crippen LogP contribution in [0.25, 0.3) is 0 Å². The van der Waals surface area contributed by atoms with E-state index < -0.39 is 0 Å². The highest BCUT2D eigenvalue weighted by Crippen LogP contribution is 1.88. The molecule has 0 amide bonds. The molecule has 0 nitrogen and oxygen atoms in total. The summed E-state index contributed by atoms with van der Waals surface area (Å²) < 4.78 is 0. The van der Waals surface area contributed by atoms with Crippen LogP contribution in [0.2, 0.25) is 0 Å². The Morgan fingerprint density at radius 1 is 0.462 bits per heavy atom. The smallest absolute Gasteiger partial charge is 0.0538 e. The van der Waals surface area contributed by atoms with E-state index in [4.69, 9.17) is 0 Å². The molecule has 13 heavy (non-hydrogen) atoms. The largest absolute Gasteiger partial charge is 0.0776 e. The second-order valence-corrected chi connectivity index (χ2v) is 2.71. The molecule has 0 rings (SSSR count). The zero-order chi connectivity index (χ0) is 8.24. The van der Waals surface area contributed by atoms with E-state index in [0.717, 1.165) is 0 Å². The SMILES string of the molecule is C.C.C.CCCCC.CCCCC. The van der Waals surface area contributed by atoms with E-state index in [1.165, 1.54) is 38.5 Å². The summed E-state index contributed by atoms with van der Waals surface area (Å²) in [5, 5.41) is 0. The Hall–Kier alpha value is 0. The molecule has 0 saturated heterocycles. The first-order chi connectivity index (χ1) is 4.83. The van der Waals surface area contributed by atoms with Gasteiger partial charge in [-0.3, -0.25) is 0 Å². The zero-order valence-electron chi connectivity index (χ0n) is 8.24. The van der Waals surface area contributed by atoms with E-state index in [2.05, 4.69) is 27.7 Å². The minimum atomic E-state index is 0. The molecule has 0 saturated carbocycles. The van der Waals surface area contributed by atoms with Crippen LogP contribution in [0.3, 0.4) is 0 Å². The molecule has 88 valence electrons. The van der Waals surface area contributed by atoms with Crippen molar-refractivity contribution in [2.24, 2.45) is 0 Å².